The van der Waals surface area contributed by atoms with Crippen LogP contribution in [0.1, 0.15) is 5.89 Å². The second kappa shape index (κ2) is 5.55. The van der Waals surface area contributed by atoms with E-state index in [2.05, 4.69) is 29.8 Å². The van der Waals surface area contributed by atoms with E-state index in [0.717, 1.165) is 0 Å². The molecule has 0 saturated heterocycles. The van der Waals surface area contributed by atoms with Crippen molar-refractivity contribution in [2.24, 2.45) is 0 Å². The molecule has 0 unspecified atom stereocenters. The minimum atomic E-state index is -1.69. The first kappa shape index (κ1) is 14.7. The molecule has 0 saturated carbocycles. The van der Waals surface area contributed by atoms with Gasteiger partial charge in [-0.1, -0.05) is 5.16 Å². The fourth-order valence-electron chi connectivity index (χ4n) is 1.57. The molecule has 0 aliphatic rings. The molecule has 0 bridgehead atoms. The molecule has 23 heavy (non-hydrogen) atoms. The lowest BCUT2D eigenvalue weighted by Crippen LogP contribution is -2.04. The van der Waals surface area contributed by atoms with Gasteiger partial charge >= 0.3 is 0 Å². The third-order valence-corrected chi connectivity index (χ3v) is 2.61. The van der Waals surface area contributed by atoms with Crippen LogP contribution in [-0.4, -0.2) is 20.5 Å². The third kappa shape index (κ3) is 2.65. The van der Waals surface area contributed by atoms with Crippen molar-refractivity contribution >= 4 is 5.82 Å². The molecule has 0 spiro atoms. The number of nitrogens with two attached hydrogens (primary N) is 1. The molecule has 0 fully saturated rings. The van der Waals surface area contributed by atoms with Gasteiger partial charge in [-0.3, -0.25) is 0 Å². The number of hydrogen-bond acceptors (Lipinski definition) is 8. The molecule has 2 N–H and O–H groups in total. The predicted octanol–water partition coefficient (Wildman–Crippen LogP) is 1.84. The highest BCUT2D eigenvalue weighted by Crippen LogP contribution is 2.27. The molecule has 120 valence electrons. The number of nitrogen functional groups attached to an aromatic ring is 1. The van der Waals surface area contributed by atoms with Gasteiger partial charge < -0.3 is 15.0 Å². The topological polar surface area (TPSA) is 113 Å². The minimum Gasteiger partial charge on any atom is -0.477 e. The number of hydrogen-bond donors (Lipinski definition) is 1. The van der Waals surface area contributed by atoms with Gasteiger partial charge in [-0.25, -0.2) is 13.4 Å². The Hall–Kier alpha value is -3.18. The smallest absolute Gasteiger partial charge is 0.264 e. The quantitative estimate of drug-likeness (QED) is 0.569. The van der Waals surface area contributed by atoms with Crippen LogP contribution in [0.15, 0.2) is 15.2 Å². The zero-order chi connectivity index (χ0) is 16.6. The lowest BCUT2D eigenvalue weighted by Gasteiger charge is -2.07. The number of aromatic nitrogens is 4. The van der Waals surface area contributed by atoms with Gasteiger partial charge in [0.25, 0.3) is 5.89 Å². The van der Waals surface area contributed by atoms with Crippen molar-refractivity contribution in [1.29, 1.82) is 0 Å². The highest BCUT2D eigenvalue weighted by Gasteiger charge is 2.22. The molecule has 12 heteroatoms. The van der Waals surface area contributed by atoms with Crippen molar-refractivity contribution in [2.45, 2.75) is 6.61 Å². The minimum absolute atomic E-state index is 0.0193. The molecule has 0 aliphatic heterocycles. The Balaban J connectivity index is 1.80. The highest BCUT2D eigenvalue weighted by atomic mass is 19.2. The van der Waals surface area contributed by atoms with Crippen LogP contribution in [0.5, 0.6) is 5.75 Å². The summed E-state index contributed by atoms with van der Waals surface area (Å²) in [6.45, 7) is -0.658. The maximum Gasteiger partial charge on any atom is 0.264 e. The van der Waals surface area contributed by atoms with Crippen molar-refractivity contribution < 1.29 is 31.5 Å². The summed E-state index contributed by atoms with van der Waals surface area (Å²) in [5, 5.41) is 10.2. The van der Waals surface area contributed by atoms with E-state index in [1.807, 2.05) is 0 Å². The molecule has 2 heterocycles. The molecule has 0 aliphatic carbocycles. The lowest BCUT2D eigenvalue weighted by molar-refractivity contribution is 0.218. The first-order valence-corrected chi connectivity index (χ1v) is 5.84. The van der Waals surface area contributed by atoms with Crippen LogP contribution in [0.3, 0.4) is 0 Å². The number of rotatable bonds is 4. The Morgan fingerprint density at radius 1 is 1.04 bits per heavy atom. The molecule has 3 rings (SSSR count). The normalized spacial score (nSPS) is 11.0. The Morgan fingerprint density at radius 2 is 1.74 bits per heavy atom. The Kier molecular flexibility index (Phi) is 3.56. The van der Waals surface area contributed by atoms with Gasteiger partial charge in [-0.2, -0.15) is 13.8 Å². The Bertz CT molecular complexity index is 839. The summed E-state index contributed by atoms with van der Waals surface area (Å²) in [5.41, 5.74) is 5.40. The summed E-state index contributed by atoms with van der Waals surface area (Å²) in [4.78, 5) is 3.76. The molecular weight excluding hydrogens is 326 g/mol. The summed E-state index contributed by atoms with van der Waals surface area (Å²) in [5.74, 6) is -8.31. The molecule has 0 amide bonds. The Labute approximate surface area is 123 Å². The molecule has 8 nitrogen and oxygen atoms in total. The zero-order valence-electron chi connectivity index (χ0n) is 10.9. The van der Waals surface area contributed by atoms with Crippen LogP contribution in [-0.2, 0) is 6.61 Å². The van der Waals surface area contributed by atoms with Gasteiger partial charge in [0.05, 0.1) is 0 Å². The molecule has 1 aromatic carbocycles. The predicted molar refractivity (Wildman–Crippen MR) is 62.6 cm³/mol. The number of ether oxygens (including phenoxy) is 1. The van der Waals surface area contributed by atoms with E-state index >= 15 is 0 Å². The van der Waals surface area contributed by atoms with Crippen LogP contribution in [0.4, 0.5) is 23.4 Å². The zero-order valence-corrected chi connectivity index (χ0v) is 10.9. The van der Waals surface area contributed by atoms with E-state index in [4.69, 9.17) is 10.3 Å². The third-order valence-electron chi connectivity index (χ3n) is 2.61. The number of anilines is 1. The van der Waals surface area contributed by atoms with Crippen molar-refractivity contribution in [3.05, 3.63) is 35.2 Å². The van der Waals surface area contributed by atoms with Crippen molar-refractivity contribution in [3.63, 3.8) is 0 Å². The fraction of sp³-hybridized carbons (Fsp3) is 0.0909. The largest absolute Gasteiger partial charge is 0.477 e. The van der Waals surface area contributed by atoms with E-state index in [-0.39, 0.29) is 29.3 Å². The first-order chi connectivity index (χ1) is 11.0. The summed E-state index contributed by atoms with van der Waals surface area (Å²) in [6, 6.07) is 0.0582. The highest BCUT2D eigenvalue weighted by molar-refractivity contribution is 5.61. The standard InChI is InChI=1S/C11H5F4N5O3/c12-3-1-4(13)7(15)9(6(3)14)21-2-5-17-11(20-22-5)8-10(16)19-23-18-8/h1H,2H2,(H2,16,19). The summed E-state index contributed by atoms with van der Waals surface area (Å²) >= 11 is 0. The average molecular weight is 331 g/mol. The van der Waals surface area contributed by atoms with E-state index < -0.39 is 35.6 Å². The molecule has 0 radical (unpaired) electrons. The van der Waals surface area contributed by atoms with Crippen molar-refractivity contribution in [2.75, 3.05) is 5.73 Å². The van der Waals surface area contributed by atoms with E-state index in [9.17, 15) is 17.6 Å². The molecule has 2 aromatic heterocycles. The van der Waals surface area contributed by atoms with E-state index in [0.29, 0.717) is 0 Å². The maximum atomic E-state index is 13.4. The molecule has 0 atom stereocenters. The van der Waals surface area contributed by atoms with Gasteiger partial charge in [0.2, 0.25) is 17.5 Å². The van der Waals surface area contributed by atoms with Gasteiger partial charge in [0, 0.05) is 6.07 Å². The number of benzene rings is 1. The average Bonchev–Trinajstić information content (AvgIpc) is 3.14. The first-order valence-electron chi connectivity index (χ1n) is 5.84. The van der Waals surface area contributed by atoms with E-state index in [1.54, 1.807) is 0 Å². The van der Waals surface area contributed by atoms with Crippen LogP contribution in [0.2, 0.25) is 0 Å². The van der Waals surface area contributed by atoms with Crippen LogP contribution < -0.4 is 10.5 Å². The lowest BCUT2D eigenvalue weighted by atomic mass is 10.3. The summed E-state index contributed by atoms with van der Waals surface area (Å²) in [7, 11) is 0. The van der Waals surface area contributed by atoms with Crippen LogP contribution >= 0.6 is 0 Å². The SMILES string of the molecule is Nc1nonc1-c1noc(COc2c(F)c(F)cc(F)c2F)n1. The van der Waals surface area contributed by atoms with Gasteiger partial charge in [-0.05, 0) is 10.3 Å². The van der Waals surface area contributed by atoms with Crippen LogP contribution in [0.25, 0.3) is 11.5 Å². The molecular formula is C11H5F4N5O3. The molecule has 3 aromatic rings. The van der Waals surface area contributed by atoms with Gasteiger partial charge in [-0.15, -0.1) is 0 Å². The summed E-state index contributed by atoms with van der Waals surface area (Å²) < 4.78 is 66.6. The van der Waals surface area contributed by atoms with Gasteiger partial charge in [0.15, 0.2) is 35.5 Å². The number of nitrogens with zero attached hydrogens (tertiary/aromatic N) is 4. The van der Waals surface area contributed by atoms with Crippen molar-refractivity contribution in [1.82, 2.24) is 20.5 Å². The van der Waals surface area contributed by atoms with E-state index in [1.165, 1.54) is 0 Å². The second-order valence-corrected chi connectivity index (χ2v) is 4.10. The Morgan fingerprint density at radius 3 is 2.35 bits per heavy atom. The number of halogens is 4. The van der Waals surface area contributed by atoms with Crippen molar-refractivity contribution in [3.8, 4) is 17.3 Å². The van der Waals surface area contributed by atoms with Crippen LogP contribution in [0, 0.1) is 23.3 Å². The monoisotopic (exact) mass is 331 g/mol. The second-order valence-electron chi connectivity index (χ2n) is 4.10. The summed E-state index contributed by atoms with van der Waals surface area (Å²) in [6.07, 6.45) is 0. The van der Waals surface area contributed by atoms with Gasteiger partial charge in [0.1, 0.15) is 0 Å². The fourth-order valence-corrected chi connectivity index (χ4v) is 1.57. The maximum absolute atomic E-state index is 13.4.